The van der Waals surface area contributed by atoms with Crippen LogP contribution in [0.4, 0.5) is 0 Å². The van der Waals surface area contributed by atoms with Crippen molar-refractivity contribution >= 4 is 17.0 Å². The fraction of sp³-hybridized carbons (Fsp3) is 0.143. The molecule has 4 aromatic rings. The van der Waals surface area contributed by atoms with Gasteiger partial charge in [0.05, 0.1) is 0 Å². The Bertz CT molecular complexity index is 1120. The predicted molar refractivity (Wildman–Crippen MR) is 128 cm³/mol. The standard InChI is InChI=1S/2C14H11.2ClH.Zr/c2*1-10-6-7-14-12(8-10)9-11-4-2-3-5-13(11)14;;;/h2*2-7H,9H2,1H3;2*1H;/q2*-1;;;+4/p-2. The van der Waals surface area contributed by atoms with Crippen LogP contribution in [0, 0.1) is 26.0 Å². The van der Waals surface area contributed by atoms with Crippen molar-refractivity contribution in [1.82, 2.24) is 0 Å². The first kappa shape index (κ1) is 22.5. The fourth-order valence-electron chi connectivity index (χ4n) is 4.35. The number of hydrogen-bond donors (Lipinski definition) is 0. The van der Waals surface area contributed by atoms with Crippen LogP contribution in [-0.4, -0.2) is 0 Å². The van der Waals surface area contributed by atoms with Crippen LogP contribution in [0.3, 0.4) is 0 Å². The van der Waals surface area contributed by atoms with Gasteiger partial charge in [-0.3, -0.25) is 0 Å². The molecule has 152 valence electrons. The zero-order valence-corrected chi connectivity index (χ0v) is 21.6. The van der Waals surface area contributed by atoms with Crippen LogP contribution in [0.25, 0.3) is 22.3 Å². The van der Waals surface area contributed by atoms with Crippen LogP contribution < -0.4 is 0 Å². The topological polar surface area (TPSA) is 0 Å². The van der Waals surface area contributed by atoms with Gasteiger partial charge in [-0.2, -0.15) is 47.5 Å². The number of halogens is 2. The first-order valence-corrected chi connectivity index (χ1v) is 16.6. The minimum atomic E-state index is -0.826. The van der Waals surface area contributed by atoms with Gasteiger partial charge in [0.15, 0.2) is 0 Å². The van der Waals surface area contributed by atoms with Crippen LogP contribution in [0.5, 0.6) is 0 Å². The zero-order valence-electron chi connectivity index (χ0n) is 17.6. The van der Waals surface area contributed by atoms with Crippen LogP contribution in [0.15, 0.2) is 72.8 Å². The van der Waals surface area contributed by atoms with E-state index in [2.05, 4.69) is 98.8 Å². The fourth-order valence-corrected chi connectivity index (χ4v) is 4.35. The maximum absolute atomic E-state index is 4.93. The second-order valence-corrected chi connectivity index (χ2v) is 11.5. The van der Waals surface area contributed by atoms with Gasteiger partial charge in [0.1, 0.15) is 0 Å². The second-order valence-electron chi connectivity index (χ2n) is 7.81. The van der Waals surface area contributed by atoms with E-state index in [1.807, 2.05) is 0 Å². The van der Waals surface area contributed by atoms with Crippen LogP contribution in [0.1, 0.15) is 33.4 Å². The van der Waals surface area contributed by atoms with Gasteiger partial charge in [0.2, 0.25) is 0 Å². The molecule has 0 spiro atoms. The Morgan fingerprint density at radius 1 is 0.581 bits per heavy atom. The Labute approximate surface area is 203 Å². The molecule has 6 rings (SSSR count). The van der Waals surface area contributed by atoms with Crippen molar-refractivity contribution < 1.29 is 20.8 Å². The molecule has 2 aliphatic rings. The number of benzene rings is 4. The van der Waals surface area contributed by atoms with Crippen molar-refractivity contribution in [3.05, 3.63) is 118 Å². The molecular weight excluding hydrogens is 498 g/mol. The van der Waals surface area contributed by atoms with E-state index in [4.69, 9.17) is 17.0 Å². The van der Waals surface area contributed by atoms with Gasteiger partial charge in [-0.25, -0.2) is 0 Å². The molecule has 0 saturated heterocycles. The summed E-state index contributed by atoms with van der Waals surface area (Å²) in [6.45, 7) is 4.20. The molecule has 0 fully saturated rings. The van der Waals surface area contributed by atoms with Crippen molar-refractivity contribution in [2.24, 2.45) is 0 Å². The summed E-state index contributed by atoms with van der Waals surface area (Å²) in [4.78, 5) is 0. The summed E-state index contributed by atoms with van der Waals surface area (Å²) in [6.07, 6.45) is 2.10. The Kier molecular flexibility index (Phi) is 7.49. The third kappa shape index (κ3) is 5.06. The number of aryl methyl sites for hydroxylation is 2. The Morgan fingerprint density at radius 2 is 0.968 bits per heavy atom. The average molecular weight is 521 g/mol. The van der Waals surface area contributed by atoms with Crippen LogP contribution >= 0.6 is 17.0 Å². The molecule has 31 heavy (non-hydrogen) atoms. The van der Waals surface area contributed by atoms with Gasteiger partial charge in [-0.05, 0) is 12.8 Å². The van der Waals surface area contributed by atoms with Gasteiger partial charge in [-0.1, -0.05) is 84.6 Å². The summed E-state index contributed by atoms with van der Waals surface area (Å²) in [5.74, 6) is 0. The molecule has 0 aromatic heterocycles. The van der Waals surface area contributed by atoms with Crippen LogP contribution in [-0.2, 0) is 33.7 Å². The van der Waals surface area contributed by atoms with E-state index in [1.54, 1.807) is 0 Å². The number of rotatable bonds is 0. The number of fused-ring (bicyclic) bond motifs is 6. The first-order chi connectivity index (χ1) is 15.1. The normalized spacial score (nSPS) is 11.5. The van der Waals surface area contributed by atoms with Gasteiger partial charge in [-0.15, -0.1) is 22.3 Å². The van der Waals surface area contributed by atoms with E-state index in [0.717, 1.165) is 12.8 Å². The molecule has 0 nitrogen and oxygen atoms in total. The Hall–Kier alpha value is -1.66. The molecule has 0 amide bonds. The van der Waals surface area contributed by atoms with E-state index >= 15 is 0 Å². The van der Waals surface area contributed by atoms with E-state index in [-0.39, 0.29) is 0 Å². The van der Waals surface area contributed by atoms with E-state index < -0.39 is 20.8 Å². The molecule has 4 aromatic carbocycles. The molecule has 0 unspecified atom stereocenters. The Balaban J connectivity index is 0.000000133. The molecule has 0 heterocycles. The molecule has 0 aliphatic heterocycles. The van der Waals surface area contributed by atoms with Gasteiger partial charge < -0.3 is 0 Å². The summed E-state index contributed by atoms with van der Waals surface area (Å²) >= 11 is -0.826. The zero-order chi connectivity index (χ0) is 21.8. The molecule has 0 N–H and O–H groups in total. The molecule has 0 saturated carbocycles. The van der Waals surface area contributed by atoms with E-state index in [9.17, 15) is 0 Å². The molecule has 3 heteroatoms. The van der Waals surface area contributed by atoms with Gasteiger partial charge in [0.25, 0.3) is 0 Å². The summed E-state index contributed by atoms with van der Waals surface area (Å²) < 4.78 is 0. The van der Waals surface area contributed by atoms with Crippen molar-refractivity contribution in [3.8, 4) is 22.3 Å². The first-order valence-electron chi connectivity index (χ1n) is 10.3. The SMILES string of the molecule is Cc1[c-]c2c(cc1)-c1ccccc1C2.Cc1[c-]c2c(cc1)-c1ccccc1C2.[Cl][Zr+2][Cl]. The minimum absolute atomic E-state index is 0.826. The van der Waals surface area contributed by atoms with Crippen molar-refractivity contribution in [1.29, 1.82) is 0 Å². The Morgan fingerprint density at radius 3 is 1.39 bits per heavy atom. The molecule has 0 radical (unpaired) electrons. The second kappa shape index (κ2) is 10.3. The van der Waals surface area contributed by atoms with Gasteiger partial charge >= 0.3 is 37.9 Å². The van der Waals surface area contributed by atoms with Gasteiger partial charge in [0, 0.05) is 0 Å². The molecular formula is C28H22Cl2Zr. The third-order valence-corrected chi connectivity index (χ3v) is 5.70. The summed E-state index contributed by atoms with van der Waals surface area (Å²) in [6, 6.07) is 32.8. The monoisotopic (exact) mass is 518 g/mol. The van der Waals surface area contributed by atoms with Crippen LogP contribution in [0.2, 0.25) is 0 Å². The maximum atomic E-state index is 4.93. The van der Waals surface area contributed by atoms with E-state index in [1.165, 1.54) is 55.6 Å². The summed E-state index contributed by atoms with van der Waals surface area (Å²) in [7, 11) is 9.87. The van der Waals surface area contributed by atoms with Crippen molar-refractivity contribution in [3.63, 3.8) is 0 Å². The molecule has 0 bridgehead atoms. The summed E-state index contributed by atoms with van der Waals surface area (Å²) in [5, 5.41) is 0. The number of hydrogen-bond acceptors (Lipinski definition) is 0. The predicted octanol–water partition coefficient (Wildman–Crippen LogP) is 8.11. The third-order valence-electron chi connectivity index (χ3n) is 5.70. The average Bonchev–Trinajstić information content (AvgIpc) is 3.31. The summed E-state index contributed by atoms with van der Waals surface area (Å²) in [5.41, 5.74) is 13.6. The molecule has 2 aliphatic carbocycles. The van der Waals surface area contributed by atoms with Crippen molar-refractivity contribution in [2.75, 3.05) is 0 Å². The van der Waals surface area contributed by atoms with Crippen molar-refractivity contribution in [2.45, 2.75) is 26.7 Å². The molecule has 0 atom stereocenters. The quantitative estimate of drug-likeness (QED) is 0.178. The van der Waals surface area contributed by atoms with E-state index in [0.29, 0.717) is 0 Å².